The summed E-state index contributed by atoms with van der Waals surface area (Å²) in [7, 11) is 0. The highest BCUT2D eigenvalue weighted by Gasteiger charge is 2.24. The van der Waals surface area contributed by atoms with Gasteiger partial charge in [0.1, 0.15) is 18.1 Å². The van der Waals surface area contributed by atoms with Crippen LogP contribution in [0.3, 0.4) is 0 Å². The van der Waals surface area contributed by atoms with Gasteiger partial charge in [-0.15, -0.1) is 0 Å². The molecule has 1 aromatic rings. The number of aromatic nitrogens is 2. The van der Waals surface area contributed by atoms with E-state index in [4.69, 9.17) is 10.5 Å². The molecule has 0 unspecified atom stereocenters. The molecule has 9 nitrogen and oxygen atoms in total. The van der Waals surface area contributed by atoms with Crippen molar-refractivity contribution in [3.05, 3.63) is 20.8 Å². The van der Waals surface area contributed by atoms with Gasteiger partial charge >= 0.3 is 5.69 Å². The number of nitrogens with zero attached hydrogens (tertiary/aromatic N) is 3. The van der Waals surface area contributed by atoms with Gasteiger partial charge < -0.3 is 20.7 Å². The first kappa shape index (κ1) is 19.0. The van der Waals surface area contributed by atoms with Crippen molar-refractivity contribution >= 4 is 17.4 Å². The van der Waals surface area contributed by atoms with Crippen molar-refractivity contribution < 1.29 is 9.53 Å². The van der Waals surface area contributed by atoms with E-state index in [1.54, 1.807) is 0 Å². The monoisotopic (exact) mass is 353 g/mol. The molecule has 3 N–H and O–H groups in total. The number of hydrogen-bond acceptors (Lipinski definition) is 6. The standard InChI is InChI=1S/C16H27N5O4/c1-3-5-18-12(22)11-21-15(23)13(19-7-9-25-10-8-19)14(17)20(6-4-2)16(21)24/h3-11,17H2,1-2H3,(H,18,22). The van der Waals surface area contributed by atoms with Gasteiger partial charge in [-0.25, -0.2) is 9.36 Å². The molecule has 1 aliphatic rings. The van der Waals surface area contributed by atoms with Gasteiger partial charge in [-0.3, -0.25) is 14.2 Å². The molecule has 1 aromatic heterocycles. The number of carbonyl (C=O) groups excluding carboxylic acids is 1. The molecule has 0 bridgehead atoms. The van der Waals surface area contributed by atoms with Crippen molar-refractivity contribution in [3.8, 4) is 0 Å². The second-order valence-corrected chi connectivity index (χ2v) is 6.01. The summed E-state index contributed by atoms with van der Waals surface area (Å²) in [5.41, 5.74) is 5.35. The molecular weight excluding hydrogens is 326 g/mol. The highest BCUT2D eigenvalue weighted by molar-refractivity contribution is 5.76. The Bertz CT molecular complexity index is 718. The fourth-order valence-electron chi connectivity index (χ4n) is 2.83. The maximum atomic E-state index is 12.9. The minimum absolute atomic E-state index is 0.156. The van der Waals surface area contributed by atoms with Crippen LogP contribution >= 0.6 is 0 Å². The van der Waals surface area contributed by atoms with Crippen molar-refractivity contribution in [2.75, 3.05) is 43.5 Å². The summed E-state index contributed by atoms with van der Waals surface area (Å²) in [6, 6.07) is 0. The number of amides is 1. The van der Waals surface area contributed by atoms with Crippen LogP contribution in [0.2, 0.25) is 0 Å². The first-order valence-electron chi connectivity index (χ1n) is 8.73. The third-order valence-electron chi connectivity index (χ3n) is 4.09. The highest BCUT2D eigenvalue weighted by atomic mass is 16.5. The second kappa shape index (κ2) is 8.70. The summed E-state index contributed by atoms with van der Waals surface area (Å²) < 4.78 is 7.67. The number of rotatable bonds is 7. The lowest BCUT2D eigenvalue weighted by atomic mass is 10.3. The van der Waals surface area contributed by atoms with Crippen molar-refractivity contribution in [1.82, 2.24) is 14.5 Å². The van der Waals surface area contributed by atoms with Crippen LogP contribution in [0.15, 0.2) is 9.59 Å². The van der Waals surface area contributed by atoms with Gasteiger partial charge in [0.15, 0.2) is 0 Å². The number of nitrogen functional groups attached to an aromatic ring is 1. The van der Waals surface area contributed by atoms with E-state index in [0.717, 1.165) is 11.0 Å². The maximum Gasteiger partial charge on any atom is 0.333 e. The SMILES string of the molecule is CCCNC(=O)Cn1c(=O)c(N2CCOCC2)c(N)n(CCC)c1=O. The van der Waals surface area contributed by atoms with Crippen molar-refractivity contribution in [1.29, 1.82) is 0 Å². The number of hydrogen-bond donors (Lipinski definition) is 2. The van der Waals surface area contributed by atoms with Crippen LogP contribution in [-0.2, 0) is 22.6 Å². The summed E-state index contributed by atoms with van der Waals surface area (Å²) >= 11 is 0. The minimum atomic E-state index is -0.548. The molecule has 1 fully saturated rings. The number of nitrogens with two attached hydrogens (primary N) is 1. The van der Waals surface area contributed by atoms with Gasteiger partial charge in [-0.05, 0) is 12.8 Å². The Morgan fingerprint density at radius 1 is 1.16 bits per heavy atom. The molecule has 0 radical (unpaired) electrons. The summed E-state index contributed by atoms with van der Waals surface area (Å²) in [6.45, 7) is 6.45. The Kier molecular flexibility index (Phi) is 6.63. The summed E-state index contributed by atoms with van der Waals surface area (Å²) in [4.78, 5) is 39.4. The summed E-state index contributed by atoms with van der Waals surface area (Å²) in [6.07, 6.45) is 1.47. The number of anilines is 2. The van der Waals surface area contributed by atoms with Gasteiger partial charge in [-0.1, -0.05) is 13.8 Å². The third kappa shape index (κ3) is 4.22. The van der Waals surface area contributed by atoms with Crippen LogP contribution in [0.1, 0.15) is 26.7 Å². The minimum Gasteiger partial charge on any atom is -0.383 e. The molecule has 1 amide bonds. The summed E-state index contributed by atoms with van der Waals surface area (Å²) in [5, 5.41) is 2.69. The highest BCUT2D eigenvalue weighted by Crippen LogP contribution is 2.18. The van der Waals surface area contributed by atoms with Crippen molar-refractivity contribution in [2.45, 2.75) is 39.8 Å². The third-order valence-corrected chi connectivity index (χ3v) is 4.09. The fourth-order valence-corrected chi connectivity index (χ4v) is 2.83. The molecule has 1 saturated heterocycles. The lowest BCUT2D eigenvalue weighted by Crippen LogP contribution is -2.49. The van der Waals surface area contributed by atoms with E-state index >= 15 is 0 Å². The fraction of sp³-hybridized carbons (Fsp3) is 0.688. The topological polar surface area (TPSA) is 112 Å². The molecule has 0 aromatic carbocycles. The van der Waals surface area contributed by atoms with E-state index in [1.165, 1.54) is 4.57 Å². The predicted molar refractivity (Wildman–Crippen MR) is 96.0 cm³/mol. The lowest BCUT2D eigenvalue weighted by molar-refractivity contribution is -0.121. The molecule has 2 rings (SSSR count). The number of ether oxygens (including phenoxy) is 1. The molecule has 2 heterocycles. The van der Waals surface area contributed by atoms with E-state index in [1.807, 2.05) is 18.7 Å². The van der Waals surface area contributed by atoms with E-state index < -0.39 is 11.2 Å². The molecule has 0 saturated carbocycles. The van der Waals surface area contributed by atoms with Gasteiger partial charge in [0.25, 0.3) is 5.56 Å². The van der Waals surface area contributed by atoms with Crippen LogP contribution in [0.25, 0.3) is 0 Å². The zero-order valence-electron chi connectivity index (χ0n) is 14.9. The van der Waals surface area contributed by atoms with Crippen LogP contribution in [0.5, 0.6) is 0 Å². The van der Waals surface area contributed by atoms with Gasteiger partial charge in [-0.2, -0.15) is 0 Å². The Morgan fingerprint density at radius 2 is 1.84 bits per heavy atom. The van der Waals surface area contributed by atoms with Crippen molar-refractivity contribution in [2.24, 2.45) is 0 Å². The van der Waals surface area contributed by atoms with E-state index in [-0.39, 0.29) is 24.0 Å². The maximum absolute atomic E-state index is 12.9. The van der Waals surface area contributed by atoms with Crippen LogP contribution in [0.4, 0.5) is 11.5 Å². The Labute approximate surface area is 146 Å². The Balaban J connectivity index is 2.50. The van der Waals surface area contributed by atoms with Gasteiger partial charge in [0.05, 0.1) is 13.2 Å². The van der Waals surface area contributed by atoms with E-state index in [0.29, 0.717) is 45.8 Å². The molecule has 0 atom stereocenters. The van der Waals surface area contributed by atoms with Crippen LogP contribution in [0, 0.1) is 0 Å². The zero-order valence-corrected chi connectivity index (χ0v) is 14.9. The average molecular weight is 353 g/mol. The van der Waals surface area contributed by atoms with E-state index in [9.17, 15) is 14.4 Å². The molecule has 25 heavy (non-hydrogen) atoms. The van der Waals surface area contributed by atoms with Crippen LogP contribution < -0.4 is 27.2 Å². The van der Waals surface area contributed by atoms with Gasteiger partial charge in [0.2, 0.25) is 5.91 Å². The summed E-state index contributed by atoms with van der Waals surface area (Å²) in [5.74, 6) is -0.203. The van der Waals surface area contributed by atoms with Crippen LogP contribution in [-0.4, -0.2) is 47.9 Å². The van der Waals surface area contributed by atoms with Crippen molar-refractivity contribution in [3.63, 3.8) is 0 Å². The number of morpholine rings is 1. The molecule has 9 heteroatoms. The zero-order chi connectivity index (χ0) is 18.4. The molecule has 1 aliphatic heterocycles. The predicted octanol–water partition coefficient (Wildman–Crippen LogP) is -0.635. The number of carbonyl (C=O) groups is 1. The largest absolute Gasteiger partial charge is 0.383 e. The Morgan fingerprint density at radius 3 is 2.44 bits per heavy atom. The average Bonchev–Trinajstić information content (AvgIpc) is 2.61. The first-order chi connectivity index (χ1) is 12.0. The normalized spacial score (nSPS) is 14.6. The second-order valence-electron chi connectivity index (χ2n) is 6.01. The Hall–Kier alpha value is -2.29. The molecule has 140 valence electrons. The first-order valence-corrected chi connectivity index (χ1v) is 8.73. The smallest absolute Gasteiger partial charge is 0.333 e. The molecular formula is C16H27N5O4. The van der Waals surface area contributed by atoms with E-state index in [2.05, 4.69) is 5.32 Å². The molecule has 0 spiro atoms. The number of nitrogens with one attached hydrogen (secondary N) is 1. The lowest BCUT2D eigenvalue weighted by Gasteiger charge is -2.30. The quantitative estimate of drug-likeness (QED) is 0.675. The van der Waals surface area contributed by atoms with Gasteiger partial charge in [0, 0.05) is 26.2 Å². The molecule has 0 aliphatic carbocycles.